The van der Waals surface area contributed by atoms with Crippen LogP contribution in [0.5, 0.6) is 5.75 Å². The van der Waals surface area contributed by atoms with E-state index in [1.165, 1.54) is 0 Å². The Bertz CT molecular complexity index is 1650. The minimum Gasteiger partial charge on any atom is -0.481 e. The van der Waals surface area contributed by atoms with Crippen molar-refractivity contribution in [1.29, 1.82) is 5.26 Å². The third kappa shape index (κ3) is 6.37. The number of carbonyl (C=O) groups is 2. The summed E-state index contributed by atoms with van der Waals surface area (Å²) < 4.78 is 6.26. The number of hydrogen-bond donors (Lipinski definition) is 2. The fourth-order valence-corrected chi connectivity index (χ4v) is 7.26. The summed E-state index contributed by atoms with van der Waals surface area (Å²) in [5.41, 5.74) is 5.26. The largest absolute Gasteiger partial charge is 0.481 e. The fourth-order valence-electron chi connectivity index (χ4n) is 6.54. The molecule has 0 radical (unpaired) electrons. The van der Waals surface area contributed by atoms with Crippen LogP contribution in [-0.2, 0) is 9.59 Å². The first kappa shape index (κ1) is 30.1. The summed E-state index contributed by atoms with van der Waals surface area (Å²) in [6, 6.07) is 21.5. The highest BCUT2D eigenvalue weighted by atomic mass is 32.2. The highest BCUT2D eigenvalue weighted by Gasteiger charge is 2.38. The van der Waals surface area contributed by atoms with Gasteiger partial charge in [0.15, 0.2) is 5.75 Å². The van der Waals surface area contributed by atoms with E-state index >= 15 is 0 Å². The van der Waals surface area contributed by atoms with Crippen molar-refractivity contribution in [3.63, 3.8) is 0 Å². The molecule has 1 aliphatic heterocycles. The molecule has 2 unspecified atom stereocenters. The van der Waals surface area contributed by atoms with Crippen LogP contribution in [0.25, 0.3) is 22.8 Å². The van der Waals surface area contributed by atoms with Gasteiger partial charge in [-0.1, -0.05) is 93.2 Å². The molecule has 2 heterocycles. The standard InChI is InChI=1S/C35H35N3O4S/c1-20-15-21(2)30(22(3)16-20)35(41)42-33-23(4)37-28(32(33)25-13-9-6-10-14-25)17-27-31(24-11-7-5-8-12-24)26(18-36)34(38-27)43-19-29(39)40/h5-14,17,20-22,30,37H,15-16,19H2,1-4H3,(H,39,40). The van der Waals surface area contributed by atoms with Crippen molar-refractivity contribution in [3.8, 4) is 22.9 Å². The first-order chi connectivity index (χ1) is 20.7. The third-order valence-electron chi connectivity index (χ3n) is 8.20. The first-order valence-corrected chi connectivity index (χ1v) is 15.5. The van der Waals surface area contributed by atoms with Gasteiger partial charge in [0.05, 0.1) is 34.3 Å². The van der Waals surface area contributed by atoms with Crippen molar-refractivity contribution in [2.45, 2.75) is 40.5 Å². The van der Waals surface area contributed by atoms with Crippen LogP contribution in [0.4, 0.5) is 0 Å². The maximum absolute atomic E-state index is 13.7. The monoisotopic (exact) mass is 593 g/mol. The Morgan fingerprint density at radius 3 is 2.23 bits per heavy atom. The summed E-state index contributed by atoms with van der Waals surface area (Å²) in [5, 5.41) is 19.8. The Hall–Kier alpha value is -4.35. The van der Waals surface area contributed by atoms with Crippen LogP contribution < -0.4 is 4.74 Å². The Balaban J connectivity index is 1.62. The molecule has 5 rings (SSSR count). The van der Waals surface area contributed by atoms with E-state index in [2.05, 4.69) is 31.8 Å². The average Bonchev–Trinajstić information content (AvgIpc) is 3.48. The van der Waals surface area contributed by atoms with Crippen LogP contribution in [0.1, 0.15) is 50.6 Å². The highest BCUT2D eigenvalue weighted by Crippen LogP contribution is 2.44. The van der Waals surface area contributed by atoms with E-state index in [0.717, 1.165) is 41.3 Å². The number of nitriles is 1. The zero-order valence-corrected chi connectivity index (χ0v) is 25.6. The molecule has 2 N–H and O–H groups in total. The normalized spacial score (nSPS) is 22.8. The van der Waals surface area contributed by atoms with Gasteiger partial charge in [-0.15, -0.1) is 0 Å². The second kappa shape index (κ2) is 12.9. The SMILES string of the molecule is Cc1[nH]c(C=C2N=C(SCC(=O)O)C(C#N)=C2c2ccccc2)c(-c2ccccc2)c1OC(=O)C1C(C)CC(C)CC1C. The van der Waals surface area contributed by atoms with Crippen LogP contribution in [0.15, 0.2) is 76.9 Å². The summed E-state index contributed by atoms with van der Waals surface area (Å²) >= 11 is 1.02. The number of rotatable bonds is 7. The lowest BCUT2D eigenvalue weighted by Gasteiger charge is -2.36. The molecule has 3 aromatic rings. The number of allylic oxidation sites excluding steroid dienone is 1. The summed E-state index contributed by atoms with van der Waals surface area (Å²) in [4.78, 5) is 33.2. The van der Waals surface area contributed by atoms with E-state index < -0.39 is 5.97 Å². The maximum Gasteiger partial charge on any atom is 0.314 e. The zero-order valence-electron chi connectivity index (χ0n) is 24.8. The van der Waals surface area contributed by atoms with Gasteiger partial charge in [0.1, 0.15) is 11.1 Å². The van der Waals surface area contributed by atoms with Gasteiger partial charge >= 0.3 is 11.9 Å². The second-order valence-electron chi connectivity index (χ2n) is 11.6. The van der Waals surface area contributed by atoms with Gasteiger partial charge in [-0.25, -0.2) is 4.99 Å². The Morgan fingerprint density at radius 1 is 1.05 bits per heavy atom. The number of aliphatic carboxylic acids is 1. The lowest BCUT2D eigenvalue weighted by atomic mass is 9.69. The number of aromatic amines is 1. The number of carboxylic acids is 1. The molecule has 1 saturated carbocycles. The van der Waals surface area contributed by atoms with Crippen LogP contribution >= 0.6 is 11.8 Å². The van der Waals surface area contributed by atoms with Crippen molar-refractivity contribution in [3.05, 3.63) is 88.9 Å². The first-order valence-electron chi connectivity index (χ1n) is 14.5. The number of aliphatic imine (C=N–C) groups is 1. The fraction of sp³-hybridized carbons (Fsp3) is 0.314. The lowest BCUT2D eigenvalue weighted by molar-refractivity contribution is -0.144. The van der Waals surface area contributed by atoms with E-state index in [4.69, 9.17) is 9.73 Å². The molecule has 0 amide bonds. The predicted molar refractivity (Wildman–Crippen MR) is 171 cm³/mol. The van der Waals surface area contributed by atoms with Gasteiger partial charge in [-0.3, -0.25) is 9.59 Å². The summed E-state index contributed by atoms with van der Waals surface area (Å²) in [5.74, 6) is -0.0888. The number of nitrogens with zero attached hydrogens (tertiary/aromatic N) is 2. The molecule has 0 saturated heterocycles. The summed E-state index contributed by atoms with van der Waals surface area (Å²) in [6.07, 6.45) is 3.85. The van der Waals surface area contributed by atoms with E-state index in [9.17, 15) is 20.0 Å². The van der Waals surface area contributed by atoms with E-state index in [-0.39, 0.29) is 29.5 Å². The minimum absolute atomic E-state index is 0.185. The number of aryl methyl sites for hydroxylation is 1. The van der Waals surface area contributed by atoms with Gasteiger partial charge in [-0.2, -0.15) is 5.26 Å². The number of carbonyl (C=O) groups excluding carboxylic acids is 1. The number of hydrogen-bond acceptors (Lipinski definition) is 6. The molecular weight excluding hydrogens is 558 g/mol. The molecular formula is C35H35N3O4S. The molecule has 8 heteroatoms. The average molecular weight is 594 g/mol. The second-order valence-corrected chi connectivity index (χ2v) is 12.5. The van der Waals surface area contributed by atoms with Crippen molar-refractivity contribution < 1.29 is 19.4 Å². The summed E-state index contributed by atoms with van der Waals surface area (Å²) in [7, 11) is 0. The van der Waals surface area contributed by atoms with Gasteiger partial charge in [-0.05, 0) is 54.7 Å². The van der Waals surface area contributed by atoms with Crippen LogP contribution in [-0.4, -0.2) is 32.8 Å². The molecule has 1 aliphatic carbocycles. The number of benzene rings is 2. The van der Waals surface area contributed by atoms with E-state index in [1.807, 2.05) is 73.7 Å². The molecule has 0 spiro atoms. The number of thioether (sulfide) groups is 1. The molecule has 1 fully saturated rings. The number of H-pyrrole nitrogens is 1. The smallest absolute Gasteiger partial charge is 0.314 e. The molecule has 220 valence electrons. The van der Waals surface area contributed by atoms with Crippen LogP contribution in [0.3, 0.4) is 0 Å². The molecule has 7 nitrogen and oxygen atoms in total. The maximum atomic E-state index is 13.7. The van der Waals surface area contributed by atoms with Gasteiger partial charge < -0.3 is 14.8 Å². The van der Waals surface area contributed by atoms with Crippen molar-refractivity contribution in [1.82, 2.24) is 4.98 Å². The predicted octanol–water partition coefficient (Wildman–Crippen LogP) is 7.76. The van der Waals surface area contributed by atoms with Crippen molar-refractivity contribution >= 4 is 40.4 Å². The summed E-state index contributed by atoms with van der Waals surface area (Å²) in [6.45, 7) is 8.40. The van der Waals surface area contributed by atoms with E-state index in [1.54, 1.807) is 0 Å². The van der Waals surface area contributed by atoms with Crippen molar-refractivity contribution in [2.75, 3.05) is 5.75 Å². The van der Waals surface area contributed by atoms with Crippen LogP contribution in [0, 0.1) is 41.9 Å². The topological polar surface area (TPSA) is 116 Å². The third-order valence-corrected chi connectivity index (χ3v) is 9.16. The lowest BCUT2D eigenvalue weighted by Crippen LogP contribution is -2.37. The van der Waals surface area contributed by atoms with Gasteiger partial charge in [0.2, 0.25) is 0 Å². The minimum atomic E-state index is -0.988. The molecule has 2 aromatic carbocycles. The van der Waals surface area contributed by atoms with E-state index in [0.29, 0.717) is 44.9 Å². The van der Waals surface area contributed by atoms with Crippen molar-refractivity contribution in [2.24, 2.45) is 28.7 Å². The van der Waals surface area contributed by atoms with Gasteiger partial charge in [0.25, 0.3) is 0 Å². The van der Waals surface area contributed by atoms with Gasteiger partial charge in [0, 0.05) is 11.1 Å². The molecule has 0 bridgehead atoms. The molecule has 1 aromatic heterocycles. The molecule has 2 aliphatic rings. The number of ether oxygens (including phenoxy) is 1. The Morgan fingerprint density at radius 2 is 1.65 bits per heavy atom. The zero-order chi connectivity index (χ0) is 30.7. The number of nitrogens with one attached hydrogen (secondary N) is 1. The Labute approximate surface area is 256 Å². The Kier molecular flexibility index (Phi) is 9.02. The molecule has 43 heavy (non-hydrogen) atoms. The number of esters is 1. The van der Waals surface area contributed by atoms with Crippen LogP contribution in [0.2, 0.25) is 0 Å². The highest BCUT2D eigenvalue weighted by molar-refractivity contribution is 8.15. The quantitative estimate of drug-likeness (QED) is 0.271. The number of aromatic nitrogens is 1. The molecule has 2 atom stereocenters. The number of carboxylic acid groups (broad SMARTS) is 1.